The van der Waals surface area contributed by atoms with Crippen LogP contribution in [-0.4, -0.2) is 53.4 Å². The summed E-state index contributed by atoms with van der Waals surface area (Å²) in [7, 11) is 4.01. The third-order valence-corrected chi connectivity index (χ3v) is 5.05. The number of nitrogens with one attached hydrogen (secondary N) is 1. The Kier molecular flexibility index (Phi) is 24.4. The molecule has 3 N–H and O–H groups in total. The minimum absolute atomic E-state index is 0.167. The molecule has 0 aromatic carbocycles. The lowest BCUT2D eigenvalue weighted by Gasteiger charge is -2.23. The third-order valence-electron chi connectivity index (χ3n) is 5.05. The summed E-state index contributed by atoms with van der Waals surface area (Å²) in [6.45, 7) is 5.54. The Labute approximate surface area is 197 Å². The molecular formula is C26H50N2O4. The van der Waals surface area contributed by atoms with Crippen molar-refractivity contribution in [1.82, 2.24) is 10.2 Å². The molecule has 6 nitrogen and oxygen atoms in total. The maximum absolute atomic E-state index is 11.9. The van der Waals surface area contributed by atoms with E-state index < -0.39 is 12.1 Å². The normalized spacial score (nSPS) is 13.2. The van der Waals surface area contributed by atoms with Crippen molar-refractivity contribution in [1.29, 1.82) is 0 Å². The van der Waals surface area contributed by atoms with Gasteiger partial charge in [-0.05, 0) is 66.0 Å². The number of carbonyl (C=O) groups excluding carboxylic acids is 1. The fourth-order valence-corrected chi connectivity index (χ4v) is 2.95. The van der Waals surface area contributed by atoms with Crippen molar-refractivity contribution in [3.05, 3.63) is 24.3 Å². The first-order valence-corrected chi connectivity index (χ1v) is 12.4. The summed E-state index contributed by atoms with van der Waals surface area (Å²) in [5, 5.41) is 18.9. The van der Waals surface area contributed by atoms with E-state index in [4.69, 9.17) is 10.2 Å². The number of aliphatic hydroxyl groups excluding tert-OH is 1. The molecule has 0 rings (SSSR count). The Bertz CT molecular complexity index is 502. The van der Waals surface area contributed by atoms with E-state index in [1.807, 2.05) is 14.1 Å². The number of hydrogen-bond acceptors (Lipinski definition) is 4. The number of carboxylic acid groups (broad SMARTS) is 1. The monoisotopic (exact) mass is 454 g/mol. The van der Waals surface area contributed by atoms with Crippen molar-refractivity contribution >= 4 is 11.9 Å². The summed E-state index contributed by atoms with van der Waals surface area (Å²) in [6, 6.07) is 0. The first-order valence-electron chi connectivity index (χ1n) is 12.4. The largest absolute Gasteiger partial charge is 0.479 e. The Balaban J connectivity index is 0. The van der Waals surface area contributed by atoms with Crippen molar-refractivity contribution in [3.63, 3.8) is 0 Å². The Hall–Kier alpha value is -1.66. The second kappa shape index (κ2) is 24.0. The van der Waals surface area contributed by atoms with Gasteiger partial charge in [-0.25, -0.2) is 4.79 Å². The lowest BCUT2D eigenvalue weighted by molar-refractivity contribution is -0.145. The molecule has 0 aliphatic rings. The van der Waals surface area contributed by atoms with Gasteiger partial charge in [0.25, 0.3) is 0 Å². The number of unbranched alkanes of at least 4 members (excludes halogenated alkanes) is 8. The van der Waals surface area contributed by atoms with Crippen LogP contribution in [0.4, 0.5) is 0 Å². The van der Waals surface area contributed by atoms with Gasteiger partial charge >= 0.3 is 5.97 Å². The van der Waals surface area contributed by atoms with Crippen molar-refractivity contribution in [3.8, 4) is 0 Å². The predicted molar refractivity (Wildman–Crippen MR) is 135 cm³/mol. The van der Waals surface area contributed by atoms with E-state index in [0.29, 0.717) is 6.42 Å². The number of aliphatic hydroxyl groups is 1. The molecule has 0 radical (unpaired) electrons. The van der Waals surface area contributed by atoms with Gasteiger partial charge in [-0.3, -0.25) is 9.69 Å². The van der Waals surface area contributed by atoms with Crippen molar-refractivity contribution < 1.29 is 19.8 Å². The minimum Gasteiger partial charge on any atom is -0.479 e. The fourth-order valence-electron chi connectivity index (χ4n) is 2.95. The van der Waals surface area contributed by atoms with Crippen LogP contribution < -0.4 is 5.32 Å². The molecule has 6 heteroatoms. The molecule has 0 aliphatic heterocycles. The van der Waals surface area contributed by atoms with Gasteiger partial charge < -0.3 is 15.5 Å². The van der Waals surface area contributed by atoms with Crippen LogP contribution in [0, 0.1) is 0 Å². The smallest absolute Gasteiger partial charge is 0.332 e. The molecule has 188 valence electrons. The van der Waals surface area contributed by atoms with Crippen molar-refractivity contribution in [2.24, 2.45) is 0 Å². The highest BCUT2D eigenvalue weighted by atomic mass is 16.4. The molecule has 0 spiro atoms. The number of allylic oxidation sites excluding steroid dienone is 4. The highest BCUT2D eigenvalue weighted by Crippen LogP contribution is 2.08. The van der Waals surface area contributed by atoms with Crippen LogP contribution in [0.3, 0.4) is 0 Å². The van der Waals surface area contributed by atoms with Gasteiger partial charge in [0, 0.05) is 6.42 Å². The second-order valence-corrected chi connectivity index (χ2v) is 8.45. The summed E-state index contributed by atoms with van der Waals surface area (Å²) < 4.78 is 0. The van der Waals surface area contributed by atoms with Gasteiger partial charge in [0.1, 0.15) is 6.10 Å². The molecule has 0 saturated carbocycles. The van der Waals surface area contributed by atoms with E-state index in [-0.39, 0.29) is 12.1 Å². The van der Waals surface area contributed by atoms with Gasteiger partial charge in [-0.1, -0.05) is 70.3 Å². The first kappa shape index (κ1) is 32.5. The van der Waals surface area contributed by atoms with Crippen molar-refractivity contribution in [2.45, 2.75) is 117 Å². The number of carboxylic acids is 1. The molecular weight excluding hydrogens is 404 g/mol. The molecule has 0 heterocycles. The first-order chi connectivity index (χ1) is 15.3. The maximum atomic E-state index is 11.9. The number of aliphatic carboxylic acids is 1. The number of amides is 1. The molecule has 1 amide bonds. The quantitative estimate of drug-likeness (QED) is 0.141. The van der Waals surface area contributed by atoms with Gasteiger partial charge in [-0.15, -0.1) is 0 Å². The van der Waals surface area contributed by atoms with E-state index in [2.05, 4.69) is 48.4 Å². The molecule has 0 aromatic rings. The lowest BCUT2D eigenvalue weighted by Crippen LogP contribution is -2.44. The highest BCUT2D eigenvalue weighted by molar-refractivity contribution is 5.76. The Morgan fingerprint density at radius 3 is 1.84 bits per heavy atom. The maximum Gasteiger partial charge on any atom is 0.332 e. The van der Waals surface area contributed by atoms with Crippen LogP contribution >= 0.6 is 0 Å². The Morgan fingerprint density at radius 2 is 1.38 bits per heavy atom. The summed E-state index contributed by atoms with van der Waals surface area (Å²) in [6.07, 6.45) is 23.2. The van der Waals surface area contributed by atoms with E-state index >= 15 is 0 Å². The van der Waals surface area contributed by atoms with Crippen LogP contribution in [-0.2, 0) is 9.59 Å². The van der Waals surface area contributed by atoms with Crippen LogP contribution in [0.1, 0.15) is 104 Å². The Morgan fingerprint density at radius 1 is 0.875 bits per heavy atom. The summed E-state index contributed by atoms with van der Waals surface area (Å²) in [4.78, 5) is 23.4. The lowest BCUT2D eigenvalue weighted by atomic mass is 10.1. The van der Waals surface area contributed by atoms with Crippen LogP contribution in [0.25, 0.3) is 0 Å². The second-order valence-electron chi connectivity index (χ2n) is 8.45. The van der Waals surface area contributed by atoms with Gasteiger partial charge in [0.15, 0.2) is 0 Å². The zero-order chi connectivity index (χ0) is 24.6. The predicted octanol–water partition coefficient (Wildman–Crippen LogP) is 5.67. The molecule has 0 fully saturated rings. The molecule has 0 aliphatic carbocycles. The number of rotatable bonds is 18. The SMILES string of the molecule is CC(O)C(=O)O.CCCCC/C=C\C/C=C\CCCCCCCC(=O)NC(CC)N(C)C. The minimum atomic E-state index is -1.23. The van der Waals surface area contributed by atoms with E-state index in [9.17, 15) is 9.59 Å². The average Bonchev–Trinajstić information content (AvgIpc) is 2.74. The van der Waals surface area contributed by atoms with Crippen LogP contribution in [0.5, 0.6) is 0 Å². The highest BCUT2D eigenvalue weighted by Gasteiger charge is 2.11. The standard InChI is InChI=1S/C23H44N2O.C3H6O3/c1-5-7-8-9-10-11-12-13-14-15-16-17-18-19-20-21-23(26)24-22(6-2)25(3)4;1-2(4)3(5)6/h10-11,13-14,22H,5-9,12,15-21H2,1-4H3,(H,24,26);2,4H,1H3,(H,5,6)/b11-10-,14-13-;. The van der Waals surface area contributed by atoms with Crippen molar-refractivity contribution in [2.75, 3.05) is 14.1 Å². The zero-order valence-corrected chi connectivity index (χ0v) is 21.3. The molecule has 0 bridgehead atoms. The molecule has 0 saturated heterocycles. The topological polar surface area (TPSA) is 89.9 Å². The van der Waals surface area contributed by atoms with Gasteiger partial charge in [0.2, 0.25) is 5.91 Å². The van der Waals surface area contributed by atoms with Gasteiger partial charge in [0.05, 0.1) is 6.17 Å². The van der Waals surface area contributed by atoms with E-state index in [1.165, 1.54) is 58.3 Å². The van der Waals surface area contributed by atoms with E-state index in [1.54, 1.807) is 0 Å². The summed E-state index contributed by atoms with van der Waals surface area (Å²) in [5.41, 5.74) is 0. The van der Waals surface area contributed by atoms with Crippen LogP contribution in [0.2, 0.25) is 0 Å². The third kappa shape index (κ3) is 24.6. The van der Waals surface area contributed by atoms with E-state index in [0.717, 1.165) is 25.7 Å². The molecule has 2 unspecified atom stereocenters. The zero-order valence-electron chi connectivity index (χ0n) is 21.3. The number of carbonyl (C=O) groups is 2. The molecule has 2 atom stereocenters. The summed E-state index contributed by atoms with van der Waals surface area (Å²) >= 11 is 0. The molecule has 0 aromatic heterocycles. The number of hydrogen-bond donors (Lipinski definition) is 3. The molecule has 32 heavy (non-hydrogen) atoms. The average molecular weight is 455 g/mol. The number of nitrogens with zero attached hydrogens (tertiary/aromatic N) is 1. The van der Waals surface area contributed by atoms with Crippen LogP contribution in [0.15, 0.2) is 24.3 Å². The van der Waals surface area contributed by atoms with Gasteiger partial charge in [-0.2, -0.15) is 0 Å². The fraction of sp³-hybridized carbons (Fsp3) is 0.769. The summed E-state index contributed by atoms with van der Waals surface area (Å²) in [5.74, 6) is -0.994.